The summed E-state index contributed by atoms with van der Waals surface area (Å²) >= 11 is 0. The highest BCUT2D eigenvalue weighted by molar-refractivity contribution is 5.88. The van der Waals surface area contributed by atoms with E-state index in [1.807, 2.05) is 0 Å². The predicted octanol–water partition coefficient (Wildman–Crippen LogP) is 1.39. The lowest BCUT2D eigenvalue weighted by atomic mass is 10.1. The second-order valence-electron chi connectivity index (χ2n) is 5.10. The molecule has 0 radical (unpaired) electrons. The Kier molecular flexibility index (Phi) is 4.66. The van der Waals surface area contributed by atoms with E-state index in [4.69, 9.17) is 9.26 Å². The molecule has 0 atom stereocenters. The van der Waals surface area contributed by atoms with Crippen LogP contribution in [0.25, 0.3) is 0 Å². The van der Waals surface area contributed by atoms with Crippen LogP contribution < -0.4 is 0 Å². The Morgan fingerprint density at radius 2 is 2.19 bits per heavy atom. The first-order valence-electron chi connectivity index (χ1n) is 6.90. The molecule has 2 rings (SSSR count). The van der Waals surface area contributed by atoms with Crippen molar-refractivity contribution < 1.29 is 14.1 Å². The second-order valence-corrected chi connectivity index (χ2v) is 5.10. The van der Waals surface area contributed by atoms with Gasteiger partial charge in [0, 0.05) is 0 Å². The minimum Gasteiger partial charge on any atom is -0.461 e. The van der Waals surface area contributed by atoms with Crippen LogP contribution in [0.4, 0.5) is 0 Å². The van der Waals surface area contributed by atoms with Gasteiger partial charge in [-0.15, -0.1) is 5.10 Å². The summed E-state index contributed by atoms with van der Waals surface area (Å²) in [4.78, 5) is 16.1. The minimum absolute atomic E-state index is 0.252. The summed E-state index contributed by atoms with van der Waals surface area (Å²) in [6.07, 6.45) is 0.661. The molecule has 8 nitrogen and oxygen atoms in total. The molecule has 0 unspecified atom stereocenters. The molecule has 2 heterocycles. The number of rotatable bonds is 6. The topological polar surface area (TPSA) is 95.9 Å². The molecular formula is C13H19N5O3. The fraction of sp³-hybridized carbons (Fsp3) is 0.615. The molecule has 0 aliphatic rings. The van der Waals surface area contributed by atoms with Gasteiger partial charge < -0.3 is 9.26 Å². The van der Waals surface area contributed by atoms with Gasteiger partial charge in [0.05, 0.1) is 12.3 Å². The Labute approximate surface area is 122 Å². The number of aromatic nitrogens is 5. The number of nitrogens with zero attached hydrogens (tertiary/aromatic N) is 5. The zero-order valence-corrected chi connectivity index (χ0v) is 12.7. The predicted molar refractivity (Wildman–Crippen MR) is 72.7 cm³/mol. The van der Waals surface area contributed by atoms with Crippen molar-refractivity contribution in [1.82, 2.24) is 25.1 Å². The van der Waals surface area contributed by atoms with E-state index in [2.05, 4.69) is 34.3 Å². The Hall–Kier alpha value is -2.25. The number of carbonyl (C=O) groups excluding carboxylic acids is 1. The molecule has 0 N–H and O–H groups in total. The highest BCUT2D eigenvalue weighted by atomic mass is 16.5. The summed E-state index contributed by atoms with van der Waals surface area (Å²) in [6, 6.07) is 0. The van der Waals surface area contributed by atoms with Gasteiger partial charge in [-0.25, -0.2) is 9.48 Å². The van der Waals surface area contributed by atoms with E-state index < -0.39 is 5.97 Å². The summed E-state index contributed by atoms with van der Waals surface area (Å²) in [5.41, 5.74) is 0.973. The van der Waals surface area contributed by atoms with Crippen molar-refractivity contribution in [2.75, 3.05) is 6.61 Å². The zero-order valence-electron chi connectivity index (χ0n) is 12.7. The Morgan fingerprint density at radius 3 is 2.76 bits per heavy atom. The standard InChI is InChI=1S/C13H19N5O3/c1-5-20-13(19)12-10(6-8(2)3)18(17-15-12)7-11-14-9(4)16-21-11/h8H,5-7H2,1-4H3. The van der Waals surface area contributed by atoms with E-state index in [1.165, 1.54) is 0 Å². The SMILES string of the molecule is CCOC(=O)c1nnn(Cc2nc(C)no2)c1CC(C)C. The van der Waals surface area contributed by atoms with Gasteiger partial charge in [0.2, 0.25) is 5.89 Å². The van der Waals surface area contributed by atoms with Crippen LogP contribution >= 0.6 is 0 Å². The summed E-state index contributed by atoms with van der Waals surface area (Å²) in [6.45, 7) is 8.20. The maximum absolute atomic E-state index is 11.9. The van der Waals surface area contributed by atoms with Gasteiger partial charge in [0.25, 0.3) is 0 Å². The van der Waals surface area contributed by atoms with Gasteiger partial charge in [-0.05, 0) is 26.2 Å². The van der Waals surface area contributed by atoms with Gasteiger partial charge in [-0.1, -0.05) is 24.2 Å². The van der Waals surface area contributed by atoms with Crippen LogP contribution in [0.5, 0.6) is 0 Å². The van der Waals surface area contributed by atoms with Gasteiger partial charge >= 0.3 is 5.97 Å². The average molecular weight is 293 g/mol. The Morgan fingerprint density at radius 1 is 1.43 bits per heavy atom. The quantitative estimate of drug-likeness (QED) is 0.742. The van der Waals surface area contributed by atoms with E-state index in [0.717, 1.165) is 5.69 Å². The van der Waals surface area contributed by atoms with Crippen molar-refractivity contribution in [1.29, 1.82) is 0 Å². The molecule has 8 heteroatoms. The van der Waals surface area contributed by atoms with E-state index in [0.29, 0.717) is 30.7 Å². The molecule has 0 aliphatic heterocycles. The number of esters is 1. The third-order valence-electron chi connectivity index (χ3n) is 2.76. The number of hydrogen-bond acceptors (Lipinski definition) is 7. The third-order valence-corrected chi connectivity index (χ3v) is 2.76. The van der Waals surface area contributed by atoms with Crippen LogP contribution in [-0.4, -0.2) is 37.7 Å². The van der Waals surface area contributed by atoms with Crippen molar-refractivity contribution in [2.45, 2.75) is 40.7 Å². The van der Waals surface area contributed by atoms with Crippen molar-refractivity contribution in [3.63, 3.8) is 0 Å². The molecule has 0 spiro atoms. The monoisotopic (exact) mass is 293 g/mol. The number of carbonyl (C=O) groups is 1. The largest absolute Gasteiger partial charge is 0.461 e. The van der Waals surface area contributed by atoms with Crippen molar-refractivity contribution in [3.05, 3.63) is 23.1 Å². The Bertz CT molecular complexity index is 617. The molecule has 0 saturated carbocycles. The van der Waals surface area contributed by atoms with E-state index in [-0.39, 0.29) is 12.2 Å². The highest BCUT2D eigenvalue weighted by Gasteiger charge is 2.22. The normalized spacial score (nSPS) is 11.1. The summed E-state index contributed by atoms with van der Waals surface area (Å²) in [7, 11) is 0. The molecule has 0 aliphatic carbocycles. The number of aryl methyl sites for hydroxylation is 1. The van der Waals surface area contributed by atoms with E-state index in [1.54, 1.807) is 18.5 Å². The second kappa shape index (κ2) is 6.47. The molecule has 0 bridgehead atoms. The molecule has 2 aromatic rings. The summed E-state index contributed by atoms with van der Waals surface area (Å²) in [5, 5.41) is 11.7. The van der Waals surface area contributed by atoms with Crippen LogP contribution in [0.15, 0.2) is 4.52 Å². The van der Waals surface area contributed by atoms with Crippen LogP contribution in [0.2, 0.25) is 0 Å². The van der Waals surface area contributed by atoms with Gasteiger partial charge in [0.15, 0.2) is 11.5 Å². The first-order chi connectivity index (χ1) is 10.0. The lowest BCUT2D eigenvalue weighted by molar-refractivity contribution is 0.0517. The summed E-state index contributed by atoms with van der Waals surface area (Å²) in [5.74, 6) is 0.875. The molecule has 2 aromatic heterocycles. The Balaban J connectivity index is 2.29. The maximum atomic E-state index is 11.9. The minimum atomic E-state index is -0.457. The van der Waals surface area contributed by atoms with E-state index >= 15 is 0 Å². The number of hydrogen-bond donors (Lipinski definition) is 0. The molecular weight excluding hydrogens is 274 g/mol. The van der Waals surface area contributed by atoms with Crippen LogP contribution in [0.1, 0.15) is 48.7 Å². The van der Waals surface area contributed by atoms with Crippen LogP contribution in [0.3, 0.4) is 0 Å². The van der Waals surface area contributed by atoms with Gasteiger partial charge in [0.1, 0.15) is 6.54 Å². The lowest BCUT2D eigenvalue weighted by Gasteiger charge is -2.08. The third kappa shape index (κ3) is 3.65. The van der Waals surface area contributed by atoms with Gasteiger partial charge in [-0.2, -0.15) is 4.98 Å². The van der Waals surface area contributed by atoms with Gasteiger partial charge in [-0.3, -0.25) is 0 Å². The number of ether oxygens (including phenoxy) is 1. The molecule has 0 aromatic carbocycles. The maximum Gasteiger partial charge on any atom is 0.360 e. The zero-order chi connectivity index (χ0) is 15.4. The molecule has 0 amide bonds. The average Bonchev–Trinajstić information content (AvgIpc) is 2.97. The fourth-order valence-electron chi connectivity index (χ4n) is 1.94. The highest BCUT2D eigenvalue weighted by Crippen LogP contribution is 2.14. The molecule has 21 heavy (non-hydrogen) atoms. The van der Waals surface area contributed by atoms with Crippen LogP contribution in [0, 0.1) is 12.8 Å². The molecule has 0 saturated heterocycles. The van der Waals surface area contributed by atoms with Crippen LogP contribution in [-0.2, 0) is 17.7 Å². The van der Waals surface area contributed by atoms with Crippen molar-refractivity contribution >= 4 is 5.97 Å². The smallest absolute Gasteiger partial charge is 0.360 e. The van der Waals surface area contributed by atoms with Crippen molar-refractivity contribution in [2.24, 2.45) is 5.92 Å². The fourth-order valence-corrected chi connectivity index (χ4v) is 1.94. The summed E-state index contributed by atoms with van der Waals surface area (Å²) < 4.78 is 11.7. The van der Waals surface area contributed by atoms with E-state index in [9.17, 15) is 4.79 Å². The van der Waals surface area contributed by atoms with Crippen molar-refractivity contribution in [3.8, 4) is 0 Å². The lowest BCUT2D eigenvalue weighted by Crippen LogP contribution is -2.13. The first-order valence-corrected chi connectivity index (χ1v) is 6.90. The molecule has 0 fully saturated rings. The first kappa shape index (κ1) is 15.1. The molecule has 114 valence electrons.